The number of aryl methyl sites for hydroxylation is 1. The lowest BCUT2D eigenvalue weighted by atomic mass is 10.0. The zero-order chi connectivity index (χ0) is 14.7. The summed E-state index contributed by atoms with van der Waals surface area (Å²) in [4.78, 5) is 16.5. The molecular weight excluding hydrogens is 274 g/mol. The molecule has 0 spiro atoms. The summed E-state index contributed by atoms with van der Waals surface area (Å²) >= 11 is 6.19. The molecule has 1 heterocycles. The van der Waals surface area contributed by atoms with Crippen LogP contribution in [0.5, 0.6) is 5.75 Å². The number of aromatic nitrogens is 1. The molecule has 0 radical (unpaired) electrons. The molecule has 4 heteroatoms. The zero-order valence-electron chi connectivity index (χ0n) is 11.7. The summed E-state index contributed by atoms with van der Waals surface area (Å²) in [6.45, 7) is 5.72. The number of carbonyl (C=O) groups excluding carboxylic acids is 1. The predicted molar refractivity (Wildman–Crippen MR) is 79.6 cm³/mol. The number of pyridine rings is 1. The Bertz CT molecular complexity index is 638. The Kier molecular flexibility index (Phi) is 4.40. The van der Waals surface area contributed by atoms with Gasteiger partial charge in [0.1, 0.15) is 5.75 Å². The van der Waals surface area contributed by atoms with Gasteiger partial charge >= 0.3 is 0 Å². The SMILES string of the molecule is Cc1cccc(C(=O)c2cncc(OC(C)C)c2)c1Cl. The third-order valence-electron chi connectivity index (χ3n) is 2.78. The Labute approximate surface area is 123 Å². The highest BCUT2D eigenvalue weighted by Crippen LogP contribution is 2.24. The van der Waals surface area contributed by atoms with Crippen LogP contribution in [0.2, 0.25) is 5.02 Å². The summed E-state index contributed by atoms with van der Waals surface area (Å²) in [5.41, 5.74) is 1.82. The van der Waals surface area contributed by atoms with E-state index in [0.29, 0.717) is 21.9 Å². The number of nitrogens with zero attached hydrogens (tertiary/aromatic N) is 1. The molecule has 20 heavy (non-hydrogen) atoms. The van der Waals surface area contributed by atoms with Crippen LogP contribution in [0, 0.1) is 6.92 Å². The van der Waals surface area contributed by atoms with Crippen LogP contribution in [0.25, 0.3) is 0 Å². The highest BCUT2D eigenvalue weighted by Gasteiger charge is 2.15. The second-order valence-electron chi connectivity index (χ2n) is 4.84. The maximum Gasteiger partial charge on any atom is 0.196 e. The quantitative estimate of drug-likeness (QED) is 0.797. The molecule has 104 valence electrons. The highest BCUT2D eigenvalue weighted by molar-refractivity contribution is 6.35. The number of hydrogen-bond acceptors (Lipinski definition) is 3. The number of rotatable bonds is 4. The van der Waals surface area contributed by atoms with Gasteiger partial charge in [-0.25, -0.2) is 0 Å². The summed E-state index contributed by atoms with van der Waals surface area (Å²) < 4.78 is 5.55. The van der Waals surface area contributed by atoms with Gasteiger partial charge in [0.05, 0.1) is 17.3 Å². The largest absolute Gasteiger partial charge is 0.489 e. The topological polar surface area (TPSA) is 39.2 Å². The van der Waals surface area contributed by atoms with Crippen LogP contribution in [0.4, 0.5) is 0 Å². The fourth-order valence-corrected chi connectivity index (χ4v) is 2.07. The van der Waals surface area contributed by atoms with Gasteiger partial charge < -0.3 is 4.74 Å². The van der Waals surface area contributed by atoms with Gasteiger partial charge in [-0.2, -0.15) is 0 Å². The van der Waals surface area contributed by atoms with Crippen molar-refractivity contribution in [1.82, 2.24) is 4.98 Å². The van der Waals surface area contributed by atoms with Crippen LogP contribution in [0.15, 0.2) is 36.7 Å². The van der Waals surface area contributed by atoms with Gasteiger partial charge in [-0.05, 0) is 38.5 Å². The molecule has 0 aliphatic carbocycles. The molecule has 0 saturated heterocycles. The van der Waals surface area contributed by atoms with E-state index in [0.717, 1.165) is 5.56 Å². The Hall–Kier alpha value is -1.87. The maximum atomic E-state index is 12.5. The number of ketones is 1. The molecule has 0 atom stereocenters. The molecule has 0 N–H and O–H groups in total. The number of hydrogen-bond donors (Lipinski definition) is 0. The highest BCUT2D eigenvalue weighted by atomic mass is 35.5. The van der Waals surface area contributed by atoms with E-state index in [-0.39, 0.29) is 11.9 Å². The molecule has 0 unspecified atom stereocenters. The molecule has 1 aromatic carbocycles. The minimum absolute atomic E-state index is 0.0321. The average molecular weight is 290 g/mol. The molecule has 0 saturated carbocycles. The minimum Gasteiger partial charge on any atom is -0.489 e. The first kappa shape index (κ1) is 14.5. The van der Waals surface area contributed by atoms with Gasteiger partial charge in [0, 0.05) is 17.3 Å². The van der Waals surface area contributed by atoms with E-state index in [1.165, 1.54) is 6.20 Å². The van der Waals surface area contributed by atoms with E-state index in [2.05, 4.69) is 4.98 Å². The Balaban J connectivity index is 2.36. The molecular formula is C16H16ClNO2. The van der Waals surface area contributed by atoms with Crippen molar-refractivity contribution in [2.45, 2.75) is 26.9 Å². The normalized spacial score (nSPS) is 10.7. The molecule has 0 aliphatic rings. The lowest BCUT2D eigenvalue weighted by Gasteiger charge is -2.10. The molecule has 0 fully saturated rings. The average Bonchev–Trinajstić information content (AvgIpc) is 2.41. The van der Waals surface area contributed by atoms with E-state index < -0.39 is 0 Å². The van der Waals surface area contributed by atoms with Gasteiger partial charge in [-0.15, -0.1) is 0 Å². The van der Waals surface area contributed by atoms with Crippen molar-refractivity contribution in [1.29, 1.82) is 0 Å². The fourth-order valence-electron chi connectivity index (χ4n) is 1.86. The first-order chi connectivity index (χ1) is 9.49. The van der Waals surface area contributed by atoms with Crippen molar-refractivity contribution in [2.24, 2.45) is 0 Å². The van der Waals surface area contributed by atoms with E-state index in [9.17, 15) is 4.79 Å². The van der Waals surface area contributed by atoms with Gasteiger partial charge in [-0.3, -0.25) is 9.78 Å². The van der Waals surface area contributed by atoms with Gasteiger partial charge in [0.25, 0.3) is 0 Å². The number of halogens is 1. The third-order valence-corrected chi connectivity index (χ3v) is 3.29. The van der Waals surface area contributed by atoms with Crippen molar-refractivity contribution in [3.63, 3.8) is 0 Å². The molecule has 2 rings (SSSR count). The predicted octanol–water partition coefficient (Wildman–Crippen LogP) is 4.06. The summed E-state index contributed by atoms with van der Waals surface area (Å²) in [5.74, 6) is 0.426. The molecule has 0 bridgehead atoms. The fraction of sp³-hybridized carbons (Fsp3) is 0.250. The Morgan fingerprint density at radius 1 is 1.30 bits per heavy atom. The van der Waals surface area contributed by atoms with Crippen LogP contribution >= 0.6 is 11.6 Å². The van der Waals surface area contributed by atoms with E-state index in [1.807, 2.05) is 32.9 Å². The van der Waals surface area contributed by atoms with Crippen LogP contribution in [-0.4, -0.2) is 16.9 Å². The monoisotopic (exact) mass is 289 g/mol. The Morgan fingerprint density at radius 3 is 2.75 bits per heavy atom. The summed E-state index contributed by atoms with van der Waals surface area (Å²) in [6, 6.07) is 7.09. The minimum atomic E-state index is -0.152. The van der Waals surface area contributed by atoms with Crippen molar-refractivity contribution in [3.8, 4) is 5.75 Å². The lowest BCUT2D eigenvalue weighted by molar-refractivity contribution is 0.103. The number of benzene rings is 1. The van der Waals surface area contributed by atoms with Crippen molar-refractivity contribution in [2.75, 3.05) is 0 Å². The zero-order valence-corrected chi connectivity index (χ0v) is 12.4. The van der Waals surface area contributed by atoms with E-state index in [4.69, 9.17) is 16.3 Å². The summed E-state index contributed by atoms with van der Waals surface area (Å²) in [6.07, 6.45) is 3.15. The smallest absolute Gasteiger partial charge is 0.196 e. The first-order valence-electron chi connectivity index (χ1n) is 6.40. The van der Waals surface area contributed by atoms with Crippen LogP contribution < -0.4 is 4.74 Å². The number of carbonyl (C=O) groups is 1. The molecule has 0 aliphatic heterocycles. The van der Waals surface area contributed by atoms with Gasteiger partial charge in [0.2, 0.25) is 0 Å². The third kappa shape index (κ3) is 3.17. The first-order valence-corrected chi connectivity index (χ1v) is 6.78. The summed E-state index contributed by atoms with van der Waals surface area (Å²) in [7, 11) is 0. The van der Waals surface area contributed by atoms with Crippen LogP contribution in [0.1, 0.15) is 35.3 Å². The number of ether oxygens (including phenoxy) is 1. The van der Waals surface area contributed by atoms with Crippen molar-refractivity contribution >= 4 is 17.4 Å². The Morgan fingerprint density at radius 2 is 2.05 bits per heavy atom. The van der Waals surface area contributed by atoms with Crippen molar-refractivity contribution in [3.05, 3.63) is 58.4 Å². The molecule has 2 aromatic rings. The van der Waals surface area contributed by atoms with Gasteiger partial charge in [-0.1, -0.05) is 23.7 Å². The maximum absolute atomic E-state index is 12.5. The van der Waals surface area contributed by atoms with Crippen LogP contribution in [-0.2, 0) is 0 Å². The second kappa shape index (κ2) is 6.06. The molecule has 1 aromatic heterocycles. The molecule has 3 nitrogen and oxygen atoms in total. The van der Waals surface area contributed by atoms with E-state index in [1.54, 1.807) is 18.3 Å². The summed E-state index contributed by atoms with van der Waals surface area (Å²) in [5, 5.41) is 0.479. The van der Waals surface area contributed by atoms with Gasteiger partial charge in [0.15, 0.2) is 5.78 Å². The molecule has 0 amide bonds. The van der Waals surface area contributed by atoms with Crippen LogP contribution in [0.3, 0.4) is 0 Å². The van der Waals surface area contributed by atoms with E-state index >= 15 is 0 Å². The lowest BCUT2D eigenvalue weighted by Crippen LogP contribution is -2.08. The second-order valence-corrected chi connectivity index (χ2v) is 5.22. The standard InChI is InChI=1S/C16H16ClNO2/c1-10(2)20-13-7-12(8-18-9-13)16(19)14-6-4-5-11(3)15(14)17/h4-10H,1-3H3. The van der Waals surface area contributed by atoms with Crippen molar-refractivity contribution < 1.29 is 9.53 Å².